The second-order valence-corrected chi connectivity index (χ2v) is 7.36. The SMILES string of the molecule is CC(C)(C(=O)NNC(=O)C1COc2ccccc2O1)c1ccc(Br)cc1. The molecule has 136 valence electrons. The molecule has 7 heteroatoms. The summed E-state index contributed by atoms with van der Waals surface area (Å²) >= 11 is 3.37. The summed E-state index contributed by atoms with van der Waals surface area (Å²) < 4.78 is 12.1. The Hall–Kier alpha value is -2.54. The van der Waals surface area contributed by atoms with Gasteiger partial charge in [0, 0.05) is 4.47 Å². The van der Waals surface area contributed by atoms with Crippen LogP contribution in [0.4, 0.5) is 0 Å². The van der Waals surface area contributed by atoms with Crippen molar-refractivity contribution >= 4 is 27.7 Å². The molecule has 26 heavy (non-hydrogen) atoms. The van der Waals surface area contributed by atoms with Crippen molar-refractivity contribution in [2.75, 3.05) is 6.61 Å². The van der Waals surface area contributed by atoms with E-state index in [0.717, 1.165) is 10.0 Å². The van der Waals surface area contributed by atoms with E-state index in [2.05, 4.69) is 26.8 Å². The highest BCUT2D eigenvalue weighted by atomic mass is 79.9. The van der Waals surface area contributed by atoms with Gasteiger partial charge in [-0.25, -0.2) is 0 Å². The largest absolute Gasteiger partial charge is 0.485 e. The number of ether oxygens (including phenoxy) is 2. The minimum Gasteiger partial charge on any atom is -0.485 e. The maximum Gasteiger partial charge on any atom is 0.283 e. The fourth-order valence-electron chi connectivity index (χ4n) is 2.50. The number of hydrogen-bond donors (Lipinski definition) is 2. The number of fused-ring (bicyclic) bond motifs is 1. The Morgan fingerprint density at radius 2 is 1.69 bits per heavy atom. The van der Waals surface area contributed by atoms with Crippen molar-refractivity contribution in [1.29, 1.82) is 0 Å². The molecule has 3 rings (SSSR count). The van der Waals surface area contributed by atoms with E-state index in [9.17, 15) is 9.59 Å². The van der Waals surface area contributed by atoms with E-state index in [1.807, 2.05) is 30.3 Å². The first-order chi connectivity index (χ1) is 12.4. The van der Waals surface area contributed by atoms with E-state index >= 15 is 0 Å². The molecule has 1 atom stereocenters. The van der Waals surface area contributed by atoms with Crippen molar-refractivity contribution in [2.24, 2.45) is 0 Å². The summed E-state index contributed by atoms with van der Waals surface area (Å²) in [5, 5.41) is 0. The van der Waals surface area contributed by atoms with Gasteiger partial charge in [0.1, 0.15) is 6.61 Å². The Labute approximate surface area is 160 Å². The predicted molar refractivity (Wildman–Crippen MR) is 99.8 cm³/mol. The lowest BCUT2D eigenvalue weighted by Gasteiger charge is -2.27. The molecule has 1 aliphatic heterocycles. The van der Waals surface area contributed by atoms with Crippen LogP contribution in [0.25, 0.3) is 0 Å². The van der Waals surface area contributed by atoms with E-state index in [1.165, 1.54) is 0 Å². The Morgan fingerprint density at radius 3 is 2.38 bits per heavy atom. The van der Waals surface area contributed by atoms with E-state index in [4.69, 9.17) is 9.47 Å². The number of hydrazine groups is 1. The van der Waals surface area contributed by atoms with Crippen LogP contribution < -0.4 is 20.3 Å². The molecule has 0 spiro atoms. The standard InChI is InChI=1S/C19H19BrN2O4/c1-19(2,12-7-9-13(20)10-8-12)18(24)22-21-17(23)16-11-25-14-5-3-4-6-15(14)26-16/h3-10,16H,11H2,1-2H3,(H,21,23)(H,22,24). The maximum atomic E-state index is 12.5. The summed E-state index contributed by atoms with van der Waals surface area (Å²) in [5.41, 5.74) is 4.91. The third-order valence-corrected chi connectivity index (χ3v) is 4.76. The van der Waals surface area contributed by atoms with Crippen molar-refractivity contribution in [3.8, 4) is 11.5 Å². The van der Waals surface area contributed by atoms with Crippen LogP contribution >= 0.6 is 15.9 Å². The van der Waals surface area contributed by atoms with E-state index in [1.54, 1.807) is 32.0 Å². The summed E-state index contributed by atoms with van der Waals surface area (Å²) in [5.74, 6) is 0.294. The fraction of sp³-hybridized carbons (Fsp3) is 0.263. The van der Waals surface area contributed by atoms with Gasteiger partial charge in [-0.3, -0.25) is 20.4 Å². The maximum absolute atomic E-state index is 12.5. The van der Waals surface area contributed by atoms with E-state index in [-0.39, 0.29) is 12.5 Å². The average Bonchev–Trinajstić information content (AvgIpc) is 2.65. The van der Waals surface area contributed by atoms with Gasteiger partial charge in [-0.15, -0.1) is 0 Å². The van der Waals surface area contributed by atoms with Crippen molar-refractivity contribution in [2.45, 2.75) is 25.4 Å². The van der Waals surface area contributed by atoms with Gasteiger partial charge in [0.25, 0.3) is 5.91 Å². The van der Waals surface area contributed by atoms with Gasteiger partial charge in [-0.05, 0) is 43.7 Å². The number of halogens is 1. The molecule has 2 aromatic carbocycles. The number of carbonyl (C=O) groups is 2. The third-order valence-electron chi connectivity index (χ3n) is 4.23. The molecule has 1 aliphatic rings. The lowest BCUT2D eigenvalue weighted by Crippen LogP contribution is -2.54. The lowest BCUT2D eigenvalue weighted by molar-refractivity contribution is -0.136. The van der Waals surface area contributed by atoms with E-state index in [0.29, 0.717) is 11.5 Å². The zero-order chi connectivity index (χ0) is 18.7. The second kappa shape index (κ2) is 7.37. The number of rotatable bonds is 3. The van der Waals surface area contributed by atoms with Gasteiger partial charge < -0.3 is 9.47 Å². The summed E-state index contributed by atoms with van der Waals surface area (Å²) in [7, 11) is 0. The van der Waals surface area contributed by atoms with Crippen LogP contribution in [0.5, 0.6) is 11.5 Å². The van der Waals surface area contributed by atoms with Crippen LogP contribution in [0.1, 0.15) is 19.4 Å². The van der Waals surface area contributed by atoms with Crippen molar-refractivity contribution in [1.82, 2.24) is 10.9 Å². The number of amides is 2. The smallest absolute Gasteiger partial charge is 0.283 e. The highest BCUT2D eigenvalue weighted by Crippen LogP contribution is 2.30. The normalized spacial score (nSPS) is 15.9. The Bertz CT molecular complexity index is 821. The number of benzene rings is 2. The average molecular weight is 419 g/mol. The fourth-order valence-corrected chi connectivity index (χ4v) is 2.77. The topological polar surface area (TPSA) is 76.7 Å². The summed E-state index contributed by atoms with van der Waals surface area (Å²) in [6.45, 7) is 3.65. The molecule has 6 nitrogen and oxygen atoms in total. The summed E-state index contributed by atoms with van der Waals surface area (Å²) in [6.07, 6.45) is -0.832. The molecule has 0 fully saturated rings. The second-order valence-electron chi connectivity index (χ2n) is 6.44. The van der Waals surface area contributed by atoms with Crippen LogP contribution in [-0.2, 0) is 15.0 Å². The summed E-state index contributed by atoms with van der Waals surface area (Å²) in [6, 6.07) is 14.6. The molecular formula is C19H19BrN2O4. The first-order valence-electron chi connectivity index (χ1n) is 8.13. The van der Waals surface area contributed by atoms with Crippen molar-refractivity contribution in [3.63, 3.8) is 0 Å². The van der Waals surface area contributed by atoms with Gasteiger partial charge in [0.15, 0.2) is 11.5 Å². The number of carbonyl (C=O) groups excluding carboxylic acids is 2. The monoisotopic (exact) mass is 418 g/mol. The number of nitrogens with one attached hydrogen (secondary N) is 2. The molecule has 0 bridgehead atoms. The highest BCUT2D eigenvalue weighted by Gasteiger charge is 2.32. The molecular weight excluding hydrogens is 400 g/mol. The molecule has 0 saturated carbocycles. The molecule has 2 N–H and O–H groups in total. The molecule has 1 heterocycles. The van der Waals surface area contributed by atoms with Gasteiger partial charge in [0.05, 0.1) is 5.41 Å². The predicted octanol–water partition coefficient (Wildman–Crippen LogP) is 2.71. The van der Waals surface area contributed by atoms with Gasteiger partial charge >= 0.3 is 0 Å². The van der Waals surface area contributed by atoms with Crippen LogP contribution in [0.2, 0.25) is 0 Å². The molecule has 0 radical (unpaired) electrons. The molecule has 2 aromatic rings. The summed E-state index contributed by atoms with van der Waals surface area (Å²) in [4.78, 5) is 24.8. The van der Waals surface area contributed by atoms with Crippen LogP contribution in [-0.4, -0.2) is 24.5 Å². The number of para-hydroxylation sites is 2. The minimum absolute atomic E-state index is 0.0782. The van der Waals surface area contributed by atoms with E-state index < -0.39 is 17.4 Å². The first kappa shape index (κ1) is 18.3. The highest BCUT2D eigenvalue weighted by molar-refractivity contribution is 9.10. The molecule has 0 saturated heterocycles. The Kier molecular flexibility index (Phi) is 5.18. The van der Waals surface area contributed by atoms with Gasteiger partial charge in [0.2, 0.25) is 12.0 Å². The zero-order valence-corrected chi connectivity index (χ0v) is 16.0. The van der Waals surface area contributed by atoms with Gasteiger partial charge in [-0.2, -0.15) is 0 Å². The van der Waals surface area contributed by atoms with Crippen LogP contribution in [0.15, 0.2) is 53.0 Å². The molecule has 0 aromatic heterocycles. The first-order valence-corrected chi connectivity index (χ1v) is 8.92. The van der Waals surface area contributed by atoms with Crippen molar-refractivity contribution < 1.29 is 19.1 Å². The Morgan fingerprint density at radius 1 is 1.04 bits per heavy atom. The lowest BCUT2D eigenvalue weighted by atomic mass is 9.84. The third kappa shape index (κ3) is 3.83. The number of hydrogen-bond acceptors (Lipinski definition) is 4. The minimum atomic E-state index is -0.832. The molecule has 2 amide bonds. The molecule has 1 unspecified atom stereocenters. The van der Waals surface area contributed by atoms with Crippen LogP contribution in [0, 0.1) is 0 Å². The Balaban J connectivity index is 1.59. The molecule has 0 aliphatic carbocycles. The quantitative estimate of drug-likeness (QED) is 0.751. The zero-order valence-electron chi connectivity index (χ0n) is 14.4. The van der Waals surface area contributed by atoms with Crippen LogP contribution in [0.3, 0.4) is 0 Å². The van der Waals surface area contributed by atoms with Gasteiger partial charge in [-0.1, -0.05) is 40.2 Å². The van der Waals surface area contributed by atoms with Crippen molar-refractivity contribution in [3.05, 3.63) is 58.6 Å².